The van der Waals surface area contributed by atoms with E-state index in [1.165, 1.54) is 25.3 Å². The van der Waals surface area contributed by atoms with Gasteiger partial charge in [-0.05, 0) is 18.2 Å². The van der Waals surface area contributed by atoms with Crippen molar-refractivity contribution >= 4 is 23.3 Å². The van der Waals surface area contributed by atoms with Crippen molar-refractivity contribution in [3.05, 3.63) is 29.0 Å². The molecule has 0 heterocycles. The third-order valence-corrected chi connectivity index (χ3v) is 2.31. The maximum atomic E-state index is 12.9. The van der Waals surface area contributed by atoms with Crippen LogP contribution in [0.4, 0.5) is 10.1 Å². The van der Waals surface area contributed by atoms with Crippen LogP contribution in [-0.4, -0.2) is 25.7 Å². The van der Waals surface area contributed by atoms with E-state index in [2.05, 4.69) is 10.1 Å². The normalized spacial score (nSPS) is 12.0. The van der Waals surface area contributed by atoms with E-state index in [1.54, 1.807) is 0 Å². The smallest absolute Gasteiger partial charge is 0.329 e. The van der Waals surface area contributed by atoms with Gasteiger partial charge in [0.2, 0.25) is 0 Å². The van der Waals surface area contributed by atoms with Gasteiger partial charge in [-0.15, -0.1) is 0 Å². The lowest BCUT2D eigenvalue weighted by Crippen LogP contribution is -2.37. The number of rotatable bonds is 4. The maximum Gasteiger partial charge on any atom is 0.329 e. The van der Waals surface area contributed by atoms with Gasteiger partial charge in [-0.2, -0.15) is 0 Å². The average molecular weight is 247 g/mol. The van der Waals surface area contributed by atoms with Crippen molar-refractivity contribution in [2.75, 3.05) is 19.0 Å². The van der Waals surface area contributed by atoms with Crippen molar-refractivity contribution in [2.45, 2.75) is 6.04 Å². The summed E-state index contributed by atoms with van der Waals surface area (Å²) < 4.78 is 17.5. The predicted octanol–water partition coefficient (Wildman–Crippen LogP) is 1.39. The molecule has 1 unspecified atom stereocenters. The SMILES string of the molecule is COC(=O)C(CN)Nc1cc(F)ccc1Cl. The van der Waals surface area contributed by atoms with E-state index in [0.717, 1.165) is 0 Å². The second-order valence-electron chi connectivity index (χ2n) is 3.08. The molecule has 1 aromatic rings. The monoisotopic (exact) mass is 246 g/mol. The Morgan fingerprint density at radius 3 is 2.94 bits per heavy atom. The van der Waals surface area contributed by atoms with Crippen LogP contribution < -0.4 is 11.1 Å². The van der Waals surface area contributed by atoms with E-state index in [1.807, 2.05) is 0 Å². The quantitative estimate of drug-likeness (QED) is 0.788. The lowest BCUT2D eigenvalue weighted by molar-refractivity contribution is -0.141. The number of hydrogen-bond donors (Lipinski definition) is 2. The first-order chi connectivity index (χ1) is 7.58. The van der Waals surface area contributed by atoms with Crippen LogP contribution in [0, 0.1) is 5.82 Å². The highest BCUT2D eigenvalue weighted by atomic mass is 35.5. The van der Waals surface area contributed by atoms with Gasteiger partial charge >= 0.3 is 5.97 Å². The largest absolute Gasteiger partial charge is 0.467 e. The van der Waals surface area contributed by atoms with Gasteiger partial charge in [0.25, 0.3) is 0 Å². The number of hydrogen-bond acceptors (Lipinski definition) is 4. The number of esters is 1. The molecule has 1 rings (SSSR count). The minimum atomic E-state index is -0.746. The van der Waals surface area contributed by atoms with Crippen LogP contribution in [0.25, 0.3) is 0 Å². The van der Waals surface area contributed by atoms with Gasteiger partial charge in [0, 0.05) is 6.54 Å². The molecule has 88 valence electrons. The molecule has 1 aromatic carbocycles. The Morgan fingerprint density at radius 1 is 1.69 bits per heavy atom. The van der Waals surface area contributed by atoms with Crippen LogP contribution in [-0.2, 0) is 9.53 Å². The number of carbonyl (C=O) groups is 1. The third kappa shape index (κ3) is 3.08. The summed E-state index contributed by atoms with van der Waals surface area (Å²) in [7, 11) is 1.25. The fourth-order valence-electron chi connectivity index (χ4n) is 1.15. The molecule has 0 saturated carbocycles. The minimum Gasteiger partial charge on any atom is -0.467 e. The number of nitrogens with two attached hydrogens (primary N) is 1. The number of anilines is 1. The molecule has 0 aromatic heterocycles. The molecular weight excluding hydrogens is 235 g/mol. The second-order valence-corrected chi connectivity index (χ2v) is 3.49. The van der Waals surface area contributed by atoms with Crippen molar-refractivity contribution in [2.24, 2.45) is 5.73 Å². The van der Waals surface area contributed by atoms with Crippen molar-refractivity contribution in [1.29, 1.82) is 0 Å². The Hall–Kier alpha value is -1.33. The van der Waals surface area contributed by atoms with Crippen LogP contribution in [0.15, 0.2) is 18.2 Å². The van der Waals surface area contributed by atoms with Crippen LogP contribution in [0.1, 0.15) is 0 Å². The molecular formula is C10H12ClFN2O2. The molecule has 0 fully saturated rings. The zero-order valence-electron chi connectivity index (χ0n) is 8.67. The highest BCUT2D eigenvalue weighted by molar-refractivity contribution is 6.33. The van der Waals surface area contributed by atoms with E-state index < -0.39 is 17.8 Å². The molecule has 0 spiro atoms. The molecule has 0 radical (unpaired) electrons. The van der Waals surface area contributed by atoms with E-state index in [0.29, 0.717) is 10.7 Å². The van der Waals surface area contributed by atoms with Crippen molar-refractivity contribution in [1.82, 2.24) is 0 Å². The molecule has 0 saturated heterocycles. The molecule has 16 heavy (non-hydrogen) atoms. The predicted molar refractivity (Wildman–Crippen MR) is 59.9 cm³/mol. The molecule has 3 N–H and O–H groups in total. The summed E-state index contributed by atoms with van der Waals surface area (Å²) in [6.45, 7) is 0.0273. The van der Waals surface area contributed by atoms with Crippen molar-refractivity contribution in [3.8, 4) is 0 Å². The fourth-order valence-corrected chi connectivity index (χ4v) is 1.32. The molecule has 0 aliphatic carbocycles. The number of nitrogens with one attached hydrogen (secondary N) is 1. The first kappa shape index (κ1) is 12.7. The summed E-state index contributed by atoms with van der Waals surface area (Å²) in [6.07, 6.45) is 0. The minimum absolute atomic E-state index is 0.0273. The van der Waals surface area contributed by atoms with Crippen LogP contribution in [0.5, 0.6) is 0 Å². The van der Waals surface area contributed by atoms with Crippen molar-refractivity contribution in [3.63, 3.8) is 0 Å². The van der Waals surface area contributed by atoms with Crippen molar-refractivity contribution < 1.29 is 13.9 Å². The number of halogens is 2. The molecule has 1 atom stereocenters. The maximum absolute atomic E-state index is 12.9. The van der Waals surface area contributed by atoms with E-state index in [9.17, 15) is 9.18 Å². The van der Waals surface area contributed by atoms with Gasteiger partial charge in [-0.1, -0.05) is 11.6 Å². The summed E-state index contributed by atoms with van der Waals surface area (Å²) in [4.78, 5) is 11.2. The summed E-state index contributed by atoms with van der Waals surface area (Å²) >= 11 is 5.82. The summed E-state index contributed by atoms with van der Waals surface area (Å²) in [5.74, 6) is -0.977. The molecule has 0 aliphatic rings. The first-order valence-electron chi connectivity index (χ1n) is 4.58. The average Bonchev–Trinajstić information content (AvgIpc) is 2.29. The zero-order chi connectivity index (χ0) is 12.1. The molecule has 4 nitrogen and oxygen atoms in total. The number of ether oxygens (including phenoxy) is 1. The van der Waals surface area contributed by atoms with Crippen LogP contribution in [0.2, 0.25) is 5.02 Å². The lowest BCUT2D eigenvalue weighted by atomic mass is 10.2. The Labute approximate surface area is 97.5 Å². The first-order valence-corrected chi connectivity index (χ1v) is 4.95. The summed E-state index contributed by atoms with van der Waals surface area (Å²) in [6, 6.07) is 3.06. The van der Waals surface area contributed by atoms with Gasteiger partial charge in [0.1, 0.15) is 11.9 Å². The highest BCUT2D eigenvalue weighted by Gasteiger charge is 2.18. The Morgan fingerprint density at radius 2 is 2.38 bits per heavy atom. The number of methoxy groups -OCH3 is 1. The Balaban J connectivity index is 2.85. The van der Waals surface area contributed by atoms with E-state index in [-0.39, 0.29) is 6.54 Å². The van der Waals surface area contributed by atoms with Gasteiger partial charge in [0.15, 0.2) is 0 Å². The standard InChI is InChI=1S/C10H12ClFN2O2/c1-16-10(15)9(5-13)14-8-4-6(12)2-3-7(8)11/h2-4,9,14H,5,13H2,1H3. The molecule has 0 amide bonds. The zero-order valence-corrected chi connectivity index (χ0v) is 9.42. The Bertz CT molecular complexity index is 387. The lowest BCUT2D eigenvalue weighted by Gasteiger charge is -2.16. The third-order valence-electron chi connectivity index (χ3n) is 1.98. The van der Waals surface area contributed by atoms with E-state index >= 15 is 0 Å². The van der Waals surface area contributed by atoms with Gasteiger partial charge in [-0.3, -0.25) is 0 Å². The van der Waals surface area contributed by atoms with Crippen LogP contribution >= 0.6 is 11.6 Å². The molecule has 0 bridgehead atoms. The van der Waals surface area contributed by atoms with Gasteiger partial charge in [-0.25, -0.2) is 9.18 Å². The summed E-state index contributed by atoms with van der Waals surface area (Å²) in [5.41, 5.74) is 5.69. The Kier molecular flexibility index (Phi) is 4.52. The molecule has 6 heteroatoms. The van der Waals surface area contributed by atoms with Gasteiger partial charge in [0.05, 0.1) is 17.8 Å². The number of carbonyl (C=O) groups excluding carboxylic acids is 1. The molecule has 0 aliphatic heterocycles. The summed E-state index contributed by atoms with van der Waals surface area (Å²) in [5, 5.41) is 3.03. The number of benzene rings is 1. The topological polar surface area (TPSA) is 64.3 Å². The fraction of sp³-hybridized carbons (Fsp3) is 0.300. The van der Waals surface area contributed by atoms with E-state index in [4.69, 9.17) is 17.3 Å². The second kappa shape index (κ2) is 5.67. The van der Waals surface area contributed by atoms with Gasteiger partial charge < -0.3 is 15.8 Å². The highest BCUT2D eigenvalue weighted by Crippen LogP contribution is 2.23. The van der Waals surface area contributed by atoms with Crippen LogP contribution in [0.3, 0.4) is 0 Å².